The molecule has 0 spiro atoms. The summed E-state index contributed by atoms with van der Waals surface area (Å²) in [4.78, 5) is 5.27. The van der Waals surface area contributed by atoms with Crippen LogP contribution in [0.4, 0.5) is 0 Å². The summed E-state index contributed by atoms with van der Waals surface area (Å²) >= 11 is 5.97. The molecular formula is C12H14ClNO2. The largest absolute Gasteiger partial charge is 0.497 e. The van der Waals surface area contributed by atoms with Crippen LogP contribution in [-0.2, 0) is 4.84 Å². The number of oxime groups is 1. The Kier molecular flexibility index (Phi) is 3.34. The Balaban J connectivity index is 2.14. The number of nitrogens with zero attached hydrogens (tertiary/aromatic N) is 1. The molecule has 3 nitrogen and oxygen atoms in total. The van der Waals surface area contributed by atoms with Gasteiger partial charge in [-0.25, -0.2) is 0 Å². The van der Waals surface area contributed by atoms with Gasteiger partial charge >= 0.3 is 0 Å². The third-order valence-electron chi connectivity index (χ3n) is 2.61. The van der Waals surface area contributed by atoms with Gasteiger partial charge in [-0.3, -0.25) is 0 Å². The molecule has 2 rings (SSSR count). The van der Waals surface area contributed by atoms with Crippen molar-refractivity contribution in [1.29, 1.82) is 0 Å². The number of halogens is 1. The Morgan fingerprint density at radius 3 is 3.00 bits per heavy atom. The van der Waals surface area contributed by atoms with Crippen molar-refractivity contribution in [1.82, 2.24) is 0 Å². The van der Waals surface area contributed by atoms with Gasteiger partial charge in [-0.2, -0.15) is 0 Å². The van der Waals surface area contributed by atoms with Gasteiger partial charge < -0.3 is 9.57 Å². The first kappa shape index (κ1) is 11.3. The molecule has 16 heavy (non-hydrogen) atoms. The van der Waals surface area contributed by atoms with Gasteiger partial charge in [0.25, 0.3) is 0 Å². The minimum absolute atomic E-state index is 0.0251. The maximum Gasteiger partial charge on any atom is 0.149 e. The number of hydrogen-bond donors (Lipinski definition) is 0. The monoisotopic (exact) mass is 239 g/mol. The van der Waals surface area contributed by atoms with Crippen LogP contribution in [0.2, 0.25) is 0 Å². The van der Waals surface area contributed by atoms with Gasteiger partial charge in [0.15, 0.2) is 0 Å². The SMILES string of the molecule is COc1cccc(C2=NOC(C(C)Cl)C2)c1. The van der Waals surface area contributed by atoms with Crippen molar-refractivity contribution in [2.75, 3.05) is 7.11 Å². The average molecular weight is 240 g/mol. The highest BCUT2D eigenvalue weighted by molar-refractivity contribution is 6.21. The normalized spacial score (nSPS) is 21.2. The van der Waals surface area contributed by atoms with Crippen molar-refractivity contribution in [2.45, 2.75) is 24.8 Å². The van der Waals surface area contributed by atoms with E-state index in [1.54, 1.807) is 7.11 Å². The van der Waals surface area contributed by atoms with Gasteiger partial charge in [0.05, 0.1) is 18.2 Å². The van der Waals surface area contributed by atoms with Gasteiger partial charge in [-0.05, 0) is 19.1 Å². The van der Waals surface area contributed by atoms with Crippen LogP contribution in [0.1, 0.15) is 18.9 Å². The molecule has 4 heteroatoms. The summed E-state index contributed by atoms with van der Waals surface area (Å²) in [5.41, 5.74) is 1.95. The second-order valence-electron chi connectivity index (χ2n) is 3.80. The predicted molar refractivity (Wildman–Crippen MR) is 64.3 cm³/mol. The molecule has 0 aromatic heterocycles. The molecule has 86 valence electrons. The minimum Gasteiger partial charge on any atom is -0.497 e. The molecule has 0 bridgehead atoms. The molecule has 1 aromatic carbocycles. The fraction of sp³-hybridized carbons (Fsp3) is 0.417. The predicted octanol–water partition coefficient (Wildman–Crippen LogP) is 2.82. The van der Waals surface area contributed by atoms with Crippen LogP contribution in [-0.4, -0.2) is 24.3 Å². The van der Waals surface area contributed by atoms with Crippen molar-refractivity contribution in [3.8, 4) is 5.75 Å². The minimum atomic E-state index is -0.0353. The summed E-state index contributed by atoms with van der Waals surface area (Å²) in [5, 5.41) is 4.03. The summed E-state index contributed by atoms with van der Waals surface area (Å²) < 4.78 is 5.17. The molecule has 0 saturated carbocycles. The van der Waals surface area contributed by atoms with E-state index in [-0.39, 0.29) is 11.5 Å². The molecule has 0 fully saturated rings. The first-order chi connectivity index (χ1) is 7.70. The number of benzene rings is 1. The van der Waals surface area contributed by atoms with Gasteiger partial charge in [-0.15, -0.1) is 11.6 Å². The molecule has 2 unspecified atom stereocenters. The second kappa shape index (κ2) is 4.74. The van der Waals surface area contributed by atoms with E-state index in [1.165, 1.54) is 0 Å². The highest BCUT2D eigenvalue weighted by atomic mass is 35.5. The zero-order chi connectivity index (χ0) is 11.5. The van der Waals surface area contributed by atoms with Crippen molar-refractivity contribution in [3.05, 3.63) is 29.8 Å². The zero-order valence-electron chi connectivity index (χ0n) is 9.31. The van der Waals surface area contributed by atoms with E-state index in [2.05, 4.69) is 5.16 Å². The molecule has 0 saturated heterocycles. The Hall–Kier alpha value is -1.22. The first-order valence-electron chi connectivity index (χ1n) is 5.22. The molecule has 1 aliphatic rings. The van der Waals surface area contributed by atoms with Crippen LogP contribution >= 0.6 is 11.6 Å². The van der Waals surface area contributed by atoms with E-state index in [4.69, 9.17) is 21.2 Å². The van der Waals surface area contributed by atoms with Crippen LogP contribution < -0.4 is 4.74 Å². The highest BCUT2D eigenvalue weighted by Crippen LogP contribution is 2.23. The van der Waals surface area contributed by atoms with E-state index < -0.39 is 0 Å². The Bertz CT molecular complexity index is 404. The fourth-order valence-corrected chi connectivity index (χ4v) is 1.75. The van der Waals surface area contributed by atoms with E-state index in [1.807, 2.05) is 31.2 Å². The maximum absolute atomic E-state index is 5.97. The lowest BCUT2D eigenvalue weighted by Gasteiger charge is -2.09. The molecule has 0 N–H and O–H groups in total. The molecule has 0 aliphatic carbocycles. The van der Waals surface area contributed by atoms with Crippen molar-refractivity contribution >= 4 is 17.3 Å². The summed E-state index contributed by atoms with van der Waals surface area (Å²) in [6.45, 7) is 1.91. The molecule has 1 aliphatic heterocycles. The molecule has 0 radical (unpaired) electrons. The first-order valence-corrected chi connectivity index (χ1v) is 5.65. The van der Waals surface area contributed by atoms with Gasteiger partial charge in [0.2, 0.25) is 0 Å². The topological polar surface area (TPSA) is 30.8 Å². The number of rotatable bonds is 3. The van der Waals surface area contributed by atoms with E-state index >= 15 is 0 Å². The molecule has 1 aromatic rings. The Morgan fingerprint density at radius 2 is 2.38 bits per heavy atom. The zero-order valence-corrected chi connectivity index (χ0v) is 10.1. The lowest BCUT2D eigenvalue weighted by molar-refractivity contribution is 0.0855. The summed E-state index contributed by atoms with van der Waals surface area (Å²) in [5.74, 6) is 0.822. The third-order valence-corrected chi connectivity index (χ3v) is 2.89. The lowest BCUT2D eigenvalue weighted by Crippen LogP contribution is -2.18. The molecule has 1 heterocycles. The Labute approximate surface area is 100.0 Å². The van der Waals surface area contributed by atoms with Gasteiger partial charge in [0.1, 0.15) is 11.9 Å². The number of hydrogen-bond acceptors (Lipinski definition) is 3. The number of methoxy groups -OCH3 is 1. The maximum atomic E-state index is 5.97. The van der Waals surface area contributed by atoms with Crippen molar-refractivity contribution in [2.24, 2.45) is 5.16 Å². The molecular weight excluding hydrogens is 226 g/mol. The quantitative estimate of drug-likeness (QED) is 0.760. The van der Waals surface area contributed by atoms with Crippen LogP contribution in [0.3, 0.4) is 0 Å². The van der Waals surface area contributed by atoms with Crippen LogP contribution in [0.5, 0.6) is 5.75 Å². The van der Waals surface area contributed by atoms with Crippen molar-refractivity contribution < 1.29 is 9.57 Å². The number of ether oxygens (including phenoxy) is 1. The van der Waals surface area contributed by atoms with E-state index in [0.29, 0.717) is 0 Å². The highest BCUT2D eigenvalue weighted by Gasteiger charge is 2.26. The third kappa shape index (κ3) is 2.30. The Morgan fingerprint density at radius 1 is 1.56 bits per heavy atom. The molecule has 2 atom stereocenters. The lowest BCUT2D eigenvalue weighted by atomic mass is 10.0. The fourth-order valence-electron chi connectivity index (χ4n) is 1.62. The van der Waals surface area contributed by atoms with Gasteiger partial charge in [0, 0.05) is 12.0 Å². The number of alkyl halides is 1. The summed E-state index contributed by atoms with van der Waals surface area (Å²) in [6, 6.07) is 7.78. The smallest absolute Gasteiger partial charge is 0.149 e. The van der Waals surface area contributed by atoms with Gasteiger partial charge in [-0.1, -0.05) is 17.3 Å². The van der Waals surface area contributed by atoms with E-state index in [0.717, 1.165) is 23.4 Å². The van der Waals surface area contributed by atoms with Crippen LogP contribution in [0.25, 0.3) is 0 Å². The van der Waals surface area contributed by atoms with Crippen LogP contribution in [0, 0.1) is 0 Å². The van der Waals surface area contributed by atoms with Crippen LogP contribution in [0.15, 0.2) is 29.4 Å². The standard InChI is InChI=1S/C12H14ClNO2/c1-8(13)12-7-11(14-16-12)9-4-3-5-10(6-9)15-2/h3-6,8,12H,7H2,1-2H3. The van der Waals surface area contributed by atoms with Crippen molar-refractivity contribution in [3.63, 3.8) is 0 Å². The average Bonchev–Trinajstić information content (AvgIpc) is 2.78. The van der Waals surface area contributed by atoms with E-state index in [9.17, 15) is 0 Å². The summed E-state index contributed by atoms with van der Waals surface area (Å²) in [6.07, 6.45) is 0.723. The summed E-state index contributed by atoms with van der Waals surface area (Å²) in [7, 11) is 1.65. The molecule has 0 amide bonds. The second-order valence-corrected chi connectivity index (χ2v) is 4.48.